The third kappa shape index (κ3) is 4.25. The van der Waals surface area contributed by atoms with E-state index in [1.807, 2.05) is 39.8 Å². The highest BCUT2D eigenvalue weighted by atomic mass is 16.5. The molecule has 7 heteroatoms. The van der Waals surface area contributed by atoms with Crippen LogP contribution in [0.2, 0.25) is 0 Å². The highest BCUT2D eigenvalue weighted by Gasteiger charge is 2.36. The third-order valence-corrected chi connectivity index (χ3v) is 4.97. The standard InChI is InChI=1S/C23H24N2O5/c1-13(2)11-25-21(27)17-9-8-16(10-18(17)22(25)28)23(29)30-12-20(26)24-19-7-5-6-14(3)15(19)4/h5-10,13H,11-12H2,1-4H3,(H,24,26). The zero-order chi connectivity index (χ0) is 22.0. The van der Waals surface area contributed by atoms with Crippen molar-refractivity contribution in [2.24, 2.45) is 5.92 Å². The van der Waals surface area contributed by atoms with Crippen LogP contribution in [0.15, 0.2) is 36.4 Å². The fourth-order valence-corrected chi connectivity index (χ4v) is 3.24. The maximum atomic E-state index is 12.5. The Balaban J connectivity index is 1.65. The van der Waals surface area contributed by atoms with Gasteiger partial charge in [0.05, 0.1) is 16.7 Å². The van der Waals surface area contributed by atoms with Crippen LogP contribution >= 0.6 is 0 Å². The van der Waals surface area contributed by atoms with Crippen molar-refractivity contribution in [1.29, 1.82) is 0 Å². The Morgan fingerprint density at radius 1 is 1.03 bits per heavy atom. The molecule has 156 valence electrons. The minimum absolute atomic E-state index is 0.112. The molecule has 1 N–H and O–H groups in total. The summed E-state index contributed by atoms with van der Waals surface area (Å²) in [5.41, 5.74) is 3.18. The number of hydrogen-bond donors (Lipinski definition) is 1. The van der Waals surface area contributed by atoms with Crippen molar-refractivity contribution in [3.8, 4) is 0 Å². The summed E-state index contributed by atoms with van der Waals surface area (Å²) in [4.78, 5) is 50.6. The average Bonchev–Trinajstić information content (AvgIpc) is 2.93. The lowest BCUT2D eigenvalue weighted by molar-refractivity contribution is -0.119. The first-order chi connectivity index (χ1) is 14.2. The van der Waals surface area contributed by atoms with E-state index in [0.29, 0.717) is 12.2 Å². The number of aryl methyl sites for hydroxylation is 1. The molecule has 30 heavy (non-hydrogen) atoms. The van der Waals surface area contributed by atoms with Crippen LogP contribution in [-0.4, -0.2) is 41.7 Å². The van der Waals surface area contributed by atoms with Crippen LogP contribution in [0.5, 0.6) is 0 Å². The Morgan fingerprint density at radius 3 is 2.43 bits per heavy atom. The summed E-state index contributed by atoms with van der Waals surface area (Å²) in [6.07, 6.45) is 0. The molecule has 0 saturated heterocycles. The number of benzene rings is 2. The number of carbonyl (C=O) groups is 4. The topological polar surface area (TPSA) is 92.8 Å². The van der Waals surface area contributed by atoms with Gasteiger partial charge in [-0.2, -0.15) is 0 Å². The second-order valence-electron chi connectivity index (χ2n) is 7.75. The second-order valence-corrected chi connectivity index (χ2v) is 7.75. The van der Waals surface area contributed by atoms with Crippen molar-refractivity contribution in [2.45, 2.75) is 27.7 Å². The van der Waals surface area contributed by atoms with Crippen LogP contribution in [0, 0.1) is 19.8 Å². The van der Waals surface area contributed by atoms with E-state index in [-0.39, 0.29) is 28.5 Å². The summed E-state index contributed by atoms with van der Waals surface area (Å²) >= 11 is 0. The molecule has 0 atom stereocenters. The summed E-state index contributed by atoms with van der Waals surface area (Å²) in [5.74, 6) is -1.86. The first-order valence-corrected chi connectivity index (χ1v) is 9.72. The van der Waals surface area contributed by atoms with E-state index in [4.69, 9.17) is 4.74 Å². The number of anilines is 1. The summed E-state index contributed by atoms with van der Waals surface area (Å²) in [6, 6.07) is 9.76. The van der Waals surface area contributed by atoms with E-state index in [1.165, 1.54) is 23.1 Å². The Kier molecular flexibility index (Phi) is 6.01. The van der Waals surface area contributed by atoms with Gasteiger partial charge in [0.25, 0.3) is 17.7 Å². The number of nitrogens with one attached hydrogen (secondary N) is 1. The highest BCUT2D eigenvalue weighted by molar-refractivity contribution is 6.22. The first kappa shape index (κ1) is 21.2. The van der Waals surface area contributed by atoms with Crippen molar-refractivity contribution in [3.05, 3.63) is 64.2 Å². The normalized spacial score (nSPS) is 12.9. The van der Waals surface area contributed by atoms with Gasteiger partial charge in [0.15, 0.2) is 6.61 Å². The fourth-order valence-electron chi connectivity index (χ4n) is 3.24. The van der Waals surface area contributed by atoms with Gasteiger partial charge < -0.3 is 10.1 Å². The van der Waals surface area contributed by atoms with Crippen LogP contribution in [0.25, 0.3) is 0 Å². The average molecular weight is 408 g/mol. The minimum Gasteiger partial charge on any atom is -0.452 e. The lowest BCUT2D eigenvalue weighted by Crippen LogP contribution is -2.33. The molecule has 0 unspecified atom stereocenters. The number of fused-ring (bicyclic) bond motifs is 1. The van der Waals surface area contributed by atoms with Gasteiger partial charge in [0, 0.05) is 12.2 Å². The van der Waals surface area contributed by atoms with Gasteiger partial charge in [0.2, 0.25) is 0 Å². The molecule has 0 fully saturated rings. The molecule has 0 radical (unpaired) electrons. The maximum Gasteiger partial charge on any atom is 0.338 e. The van der Waals surface area contributed by atoms with Gasteiger partial charge >= 0.3 is 5.97 Å². The number of imide groups is 1. The predicted octanol–water partition coefficient (Wildman–Crippen LogP) is 3.35. The molecular weight excluding hydrogens is 384 g/mol. The van der Waals surface area contributed by atoms with Gasteiger partial charge in [-0.15, -0.1) is 0 Å². The third-order valence-electron chi connectivity index (χ3n) is 4.97. The van der Waals surface area contributed by atoms with E-state index in [1.54, 1.807) is 6.07 Å². The molecule has 0 aliphatic carbocycles. The SMILES string of the molecule is Cc1cccc(NC(=O)COC(=O)c2ccc3c(c2)C(=O)N(CC(C)C)C3=O)c1C. The molecule has 1 aliphatic heterocycles. The summed E-state index contributed by atoms with van der Waals surface area (Å²) < 4.78 is 5.08. The number of nitrogens with zero attached hydrogens (tertiary/aromatic N) is 1. The molecule has 0 bridgehead atoms. The Bertz CT molecular complexity index is 1040. The van der Waals surface area contributed by atoms with Crippen molar-refractivity contribution >= 4 is 29.4 Å². The number of hydrogen-bond acceptors (Lipinski definition) is 5. The minimum atomic E-state index is -0.739. The van der Waals surface area contributed by atoms with E-state index >= 15 is 0 Å². The molecule has 0 aromatic heterocycles. The van der Waals surface area contributed by atoms with Crippen LogP contribution in [0.1, 0.15) is 56.0 Å². The fraction of sp³-hybridized carbons (Fsp3) is 0.304. The van der Waals surface area contributed by atoms with E-state index in [0.717, 1.165) is 11.1 Å². The number of amides is 3. The van der Waals surface area contributed by atoms with E-state index in [2.05, 4.69) is 5.32 Å². The first-order valence-electron chi connectivity index (χ1n) is 9.72. The maximum absolute atomic E-state index is 12.5. The zero-order valence-corrected chi connectivity index (χ0v) is 17.4. The van der Waals surface area contributed by atoms with Crippen molar-refractivity contribution in [3.63, 3.8) is 0 Å². The molecule has 7 nitrogen and oxygen atoms in total. The van der Waals surface area contributed by atoms with E-state index in [9.17, 15) is 19.2 Å². The molecule has 0 spiro atoms. The largest absolute Gasteiger partial charge is 0.452 e. The number of carbonyl (C=O) groups excluding carboxylic acids is 4. The Morgan fingerprint density at radius 2 is 1.73 bits per heavy atom. The van der Waals surface area contributed by atoms with E-state index < -0.39 is 24.4 Å². The van der Waals surface area contributed by atoms with Gasteiger partial charge in [-0.05, 0) is 55.2 Å². The van der Waals surface area contributed by atoms with Crippen molar-refractivity contribution in [2.75, 3.05) is 18.5 Å². The van der Waals surface area contributed by atoms with Crippen molar-refractivity contribution < 1.29 is 23.9 Å². The lowest BCUT2D eigenvalue weighted by atomic mass is 10.1. The smallest absolute Gasteiger partial charge is 0.338 e. The van der Waals surface area contributed by atoms with Crippen molar-refractivity contribution in [1.82, 2.24) is 4.90 Å². The van der Waals surface area contributed by atoms with Gasteiger partial charge in [-0.1, -0.05) is 26.0 Å². The molecule has 1 heterocycles. The lowest BCUT2D eigenvalue weighted by Gasteiger charge is -2.15. The molecule has 2 aromatic carbocycles. The summed E-state index contributed by atoms with van der Waals surface area (Å²) in [6.45, 7) is 7.50. The zero-order valence-electron chi connectivity index (χ0n) is 17.4. The molecule has 0 saturated carbocycles. The monoisotopic (exact) mass is 408 g/mol. The van der Waals surface area contributed by atoms with Crippen LogP contribution < -0.4 is 5.32 Å². The molecule has 1 aliphatic rings. The number of rotatable bonds is 6. The van der Waals surface area contributed by atoms with Gasteiger partial charge in [-0.3, -0.25) is 19.3 Å². The Labute approximate surface area is 175 Å². The quantitative estimate of drug-likeness (QED) is 0.584. The molecule has 2 aromatic rings. The van der Waals surface area contributed by atoms with Crippen LogP contribution in [0.3, 0.4) is 0 Å². The molecular formula is C23H24N2O5. The predicted molar refractivity (Wildman–Crippen MR) is 111 cm³/mol. The molecule has 3 amide bonds. The molecule has 3 rings (SSSR count). The summed E-state index contributed by atoms with van der Waals surface area (Å²) in [7, 11) is 0. The van der Waals surface area contributed by atoms with Gasteiger partial charge in [-0.25, -0.2) is 4.79 Å². The highest BCUT2D eigenvalue weighted by Crippen LogP contribution is 2.25. The second kappa shape index (κ2) is 8.49. The Hall–Kier alpha value is -3.48. The number of ether oxygens (including phenoxy) is 1. The van der Waals surface area contributed by atoms with Crippen LogP contribution in [0.4, 0.5) is 5.69 Å². The summed E-state index contributed by atoms with van der Waals surface area (Å²) in [5, 5.41) is 2.71. The number of esters is 1. The van der Waals surface area contributed by atoms with Gasteiger partial charge in [0.1, 0.15) is 0 Å². The van der Waals surface area contributed by atoms with Crippen LogP contribution in [-0.2, 0) is 9.53 Å².